The van der Waals surface area contributed by atoms with Gasteiger partial charge in [-0.05, 0) is 35.4 Å². The van der Waals surface area contributed by atoms with Crippen LogP contribution in [0.25, 0.3) is 27.9 Å². The van der Waals surface area contributed by atoms with Crippen molar-refractivity contribution in [1.82, 2.24) is 14.6 Å². The molecule has 0 unspecified atom stereocenters. The Morgan fingerprint density at radius 3 is 2.44 bits per heavy atom. The summed E-state index contributed by atoms with van der Waals surface area (Å²) in [5.41, 5.74) is 17.2. The number of hydrogen-bond acceptors (Lipinski definition) is 5. The zero-order valence-electron chi connectivity index (χ0n) is 13.7. The lowest BCUT2D eigenvalue weighted by Gasteiger charge is -2.08. The molecule has 6 nitrogen and oxygen atoms in total. The van der Waals surface area contributed by atoms with Gasteiger partial charge < -0.3 is 16.2 Å². The number of benzene rings is 2. The van der Waals surface area contributed by atoms with Gasteiger partial charge in [0.15, 0.2) is 5.65 Å². The number of aromatic nitrogens is 3. The SMILES string of the molecule is COc1ccc(-c2cnc3c(-c4cccc(N)c4)cnn3c2N)cc1. The van der Waals surface area contributed by atoms with Crippen LogP contribution in [-0.4, -0.2) is 21.7 Å². The van der Waals surface area contributed by atoms with E-state index in [4.69, 9.17) is 16.2 Å². The molecule has 4 rings (SSSR count). The number of nitrogen functional groups attached to an aromatic ring is 2. The fourth-order valence-electron chi connectivity index (χ4n) is 2.85. The largest absolute Gasteiger partial charge is 0.497 e. The molecule has 2 aromatic heterocycles. The summed E-state index contributed by atoms with van der Waals surface area (Å²) in [6.07, 6.45) is 3.52. The van der Waals surface area contributed by atoms with E-state index in [1.807, 2.05) is 48.5 Å². The summed E-state index contributed by atoms with van der Waals surface area (Å²) in [6, 6.07) is 15.3. The molecular formula is C19H17N5O. The van der Waals surface area contributed by atoms with Gasteiger partial charge in [-0.2, -0.15) is 9.61 Å². The monoisotopic (exact) mass is 331 g/mol. The molecule has 0 saturated heterocycles. The second-order valence-electron chi connectivity index (χ2n) is 5.70. The van der Waals surface area contributed by atoms with E-state index in [1.54, 1.807) is 24.0 Å². The fourth-order valence-corrected chi connectivity index (χ4v) is 2.85. The Morgan fingerprint density at radius 2 is 1.72 bits per heavy atom. The minimum absolute atomic E-state index is 0.533. The van der Waals surface area contributed by atoms with Crippen molar-refractivity contribution in [1.29, 1.82) is 0 Å². The smallest absolute Gasteiger partial charge is 0.165 e. The number of methoxy groups -OCH3 is 1. The second-order valence-corrected chi connectivity index (χ2v) is 5.70. The van der Waals surface area contributed by atoms with Crippen molar-refractivity contribution in [2.45, 2.75) is 0 Å². The molecule has 0 radical (unpaired) electrons. The standard InChI is InChI=1S/C19H17N5O/c1-25-15-7-5-12(6-8-15)16-10-22-19-17(11-23-24(19)18(16)21)13-3-2-4-14(20)9-13/h2-11H,20-21H2,1H3. The van der Waals surface area contributed by atoms with Gasteiger partial charge in [0, 0.05) is 23.0 Å². The van der Waals surface area contributed by atoms with Crippen molar-refractivity contribution < 1.29 is 4.74 Å². The Morgan fingerprint density at radius 1 is 0.920 bits per heavy atom. The van der Waals surface area contributed by atoms with Crippen molar-refractivity contribution in [2.24, 2.45) is 0 Å². The Labute approximate surface area is 144 Å². The first kappa shape index (κ1) is 15.0. The Bertz CT molecular complexity index is 1050. The van der Waals surface area contributed by atoms with E-state index in [-0.39, 0.29) is 0 Å². The summed E-state index contributed by atoms with van der Waals surface area (Å²) >= 11 is 0. The summed E-state index contributed by atoms with van der Waals surface area (Å²) in [7, 11) is 1.64. The van der Waals surface area contributed by atoms with Crippen LogP contribution in [0.5, 0.6) is 5.75 Å². The zero-order valence-corrected chi connectivity index (χ0v) is 13.7. The van der Waals surface area contributed by atoms with E-state index >= 15 is 0 Å². The average molecular weight is 331 g/mol. The molecule has 0 atom stereocenters. The maximum absolute atomic E-state index is 6.35. The maximum Gasteiger partial charge on any atom is 0.165 e. The fraction of sp³-hybridized carbons (Fsp3) is 0.0526. The normalized spacial score (nSPS) is 10.9. The molecule has 0 aliphatic carbocycles. The molecule has 124 valence electrons. The van der Waals surface area contributed by atoms with Gasteiger partial charge in [-0.25, -0.2) is 4.98 Å². The number of ether oxygens (including phenoxy) is 1. The maximum atomic E-state index is 6.35. The quantitative estimate of drug-likeness (QED) is 0.562. The molecule has 4 aromatic rings. The van der Waals surface area contributed by atoms with Crippen molar-refractivity contribution in [3.05, 3.63) is 60.9 Å². The van der Waals surface area contributed by atoms with Crippen molar-refractivity contribution in [2.75, 3.05) is 18.6 Å². The molecule has 2 heterocycles. The molecule has 25 heavy (non-hydrogen) atoms. The minimum atomic E-state index is 0.533. The molecule has 0 aliphatic heterocycles. The summed E-state index contributed by atoms with van der Waals surface area (Å²) in [6.45, 7) is 0. The number of rotatable bonds is 3. The third-order valence-corrected chi connectivity index (χ3v) is 4.16. The number of nitrogens with two attached hydrogens (primary N) is 2. The van der Waals surface area contributed by atoms with E-state index in [2.05, 4.69) is 10.1 Å². The van der Waals surface area contributed by atoms with Crippen LogP contribution in [0.3, 0.4) is 0 Å². The third-order valence-electron chi connectivity index (χ3n) is 4.16. The first-order valence-electron chi connectivity index (χ1n) is 7.80. The predicted molar refractivity (Wildman–Crippen MR) is 99.2 cm³/mol. The van der Waals surface area contributed by atoms with E-state index in [0.29, 0.717) is 17.2 Å². The molecule has 4 N–H and O–H groups in total. The molecule has 0 amide bonds. The number of hydrogen-bond donors (Lipinski definition) is 2. The van der Waals surface area contributed by atoms with E-state index in [0.717, 1.165) is 28.0 Å². The van der Waals surface area contributed by atoms with Crippen LogP contribution in [0.1, 0.15) is 0 Å². The van der Waals surface area contributed by atoms with Crippen LogP contribution in [0, 0.1) is 0 Å². The lowest BCUT2D eigenvalue weighted by molar-refractivity contribution is 0.415. The Kier molecular flexibility index (Phi) is 3.50. The van der Waals surface area contributed by atoms with E-state index < -0.39 is 0 Å². The van der Waals surface area contributed by atoms with Gasteiger partial charge in [-0.1, -0.05) is 24.3 Å². The summed E-state index contributed by atoms with van der Waals surface area (Å²) in [5, 5.41) is 4.41. The molecule has 6 heteroatoms. The van der Waals surface area contributed by atoms with Crippen molar-refractivity contribution in [3.63, 3.8) is 0 Å². The van der Waals surface area contributed by atoms with Crippen LogP contribution >= 0.6 is 0 Å². The highest BCUT2D eigenvalue weighted by atomic mass is 16.5. The van der Waals surface area contributed by atoms with Crippen LogP contribution in [-0.2, 0) is 0 Å². The van der Waals surface area contributed by atoms with Gasteiger partial charge in [0.2, 0.25) is 0 Å². The van der Waals surface area contributed by atoms with Crippen LogP contribution in [0.4, 0.5) is 11.5 Å². The average Bonchev–Trinajstić information content (AvgIpc) is 3.07. The zero-order chi connectivity index (χ0) is 17.4. The van der Waals surface area contributed by atoms with Crippen LogP contribution in [0.15, 0.2) is 60.9 Å². The third kappa shape index (κ3) is 2.53. The van der Waals surface area contributed by atoms with E-state index in [9.17, 15) is 0 Å². The van der Waals surface area contributed by atoms with Gasteiger partial charge in [0.1, 0.15) is 11.6 Å². The second kappa shape index (κ2) is 5.83. The number of anilines is 2. The molecule has 0 bridgehead atoms. The lowest BCUT2D eigenvalue weighted by Crippen LogP contribution is -2.02. The molecule has 0 aliphatic rings. The van der Waals surface area contributed by atoms with Gasteiger partial charge in [0.25, 0.3) is 0 Å². The van der Waals surface area contributed by atoms with Gasteiger partial charge in [0.05, 0.1) is 13.3 Å². The summed E-state index contributed by atoms with van der Waals surface area (Å²) in [5.74, 6) is 1.32. The van der Waals surface area contributed by atoms with Gasteiger partial charge >= 0.3 is 0 Å². The highest BCUT2D eigenvalue weighted by molar-refractivity contribution is 5.82. The highest BCUT2D eigenvalue weighted by Gasteiger charge is 2.14. The summed E-state index contributed by atoms with van der Waals surface area (Å²) < 4.78 is 6.84. The molecule has 2 aromatic carbocycles. The summed E-state index contributed by atoms with van der Waals surface area (Å²) in [4.78, 5) is 4.58. The Hall–Kier alpha value is -3.54. The molecule has 0 spiro atoms. The minimum Gasteiger partial charge on any atom is -0.497 e. The molecule has 0 fully saturated rings. The molecular weight excluding hydrogens is 314 g/mol. The Balaban J connectivity index is 1.84. The lowest BCUT2D eigenvalue weighted by atomic mass is 10.1. The topological polar surface area (TPSA) is 91.5 Å². The number of nitrogens with zero attached hydrogens (tertiary/aromatic N) is 3. The predicted octanol–water partition coefficient (Wildman–Crippen LogP) is 3.24. The van der Waals surface area contributed by atoms with Gasteiger partial charge in [-0.15, -0.1) is 0 Å². The van der Waals surface area contributed by atoms with Crippen LogP contribution < -0.4 is 16.2 Å². The first-order valence-corrected chi connectivity index (χ1v) is 7.80. The molecule has 0 saturated carbocycles. The first-order chi connectivity index (χ1) is 12.2. The van der Waals surface area contributed by atoms with Gasteiger partial charge in [-0.3, -0.25) is 0 Å². The van der Waals surface area contributed by atoms with Crippen molar-refractivity contribution in [3.8, 4) is 28.0 Å². The van der Waals surface area contributed by atoms with Crippen molar-refractivity contribution >= 4 is 17.2 Å². The van der Waals surface area contributed by atoms with E-state index in [1.165, 1.54) is 0 Å². The number of fused-ring (bicyclic) bond motifs is 1. The highest BCUT2D eigenvalue weighted by Crippen LogP contribution is 2.31. The van der Waals surface area contributed by atoms with Crippen LogP contribution in [0.2, 0.25) is 0 Å².